The van der Waals surface area contributed by atoms with Gasteiger partial charge in [0, 0.05) is 26.5 Å². The normalized spacial score (nSPS) is 18.1. The van der Waals surface area contributed by atoms with Crippen molar-refractivity contribution in [2.45, 2.75) is 12.2 Å². The van der Waals surface area contributed by atoms with Gasteiger partial charge in [-0.2, -0.15) is 0 Å². The smallest absolute Gasteiger partial charge is 0.353 e. The molecule has 0 saturated carbocycles. The van der Waals surface area contributed by atoms with Crippen LogP contribution in [-0.4, -0.2) is 20.8 Å². The van der Waals surface area contributed by atoms with Gasteiger partial charge in [0.25, 0.3) is 0 Å². The van der Waals surface area contributed by atoms with Crippen molar-refractivity contribution in [3.63, 3.8) is 0 Å². The number of fused-ring (bicyclic) bond motifs is 1. The largest absolute Gasteiger partial charge is 0.356 e. The Morgan fingerprint density at radius 1 is 1.00 bits per heavy atom. The average molecular weight is 317 g/mol. The lowest BCUT2D eigenvalue weighted by atomic mass is 9.99. The van der Waals surface area contributed by atoms with Crippen LogP contribution in [0.1, 0.15) is 16.9 Å². The van der Waals surface area contributed by atoms with Crippen LogP contribution in [0.3, 0.4) is 0 Å². The van der Waals surface area contributed by atoms with Crippen molar-refractivity contribution in [1.29, 1.82) is 0 Å². The Hall–Kier alpha value is -1.61. The molecule has 0 bridgehead atoms. The third kappa shape index (κ3) is 2.58. The van der Waals surface area contributed by atoms with Gasteiger partial charge in [0.2, 0.25) is 0 Å². The molecule has 0 fully saturated rings. The lowest BCUT2D eigenvalue weighted by molar-refractivity contribution is 0.263. The fourth-order valence-electron chi connectivity index (χ4n) is 3.05. The topological polar surface area (TPSA) is 38.8 Å². The maximum absolute atomic E-state index is 13.2. The molecular weight excluding hydrogens is 297 g/mol. The number of nitrogens with zero attached hydrogens (tertiary/aromatic N) is 1. The highest BCUT2D eigenvalue weighted by atomic mass is 31.2. The van der Waals surface area contributed by atoms with E-state index in [2.05, 4.69) is 11.0 Å². The standard InChI is InChI=1S/C17H20NO3P/c1-20-22(19,21-2)17-16-11-7-6-8-14(16)12-13-18(17)15-9-4-3-5-10-15/h3-11,17H,12-13H2,1-2H3. The molecule has 0 aliphatic carbocycles. The van der Waals surface area contributed by atoms with Crippen LogP contribution in [0.15, 0.2) is 54.6 Å². The maximum atomic E-state index is 13.2. The average Bonchev–Trinajstić information content (AvgIpc) is 2.61. The van der Waals surface area contributed by atoms with Crippen LogP contribution < -0.4 is 4.90 Å². The fraction of sp³-hybridized carbons (Fsp3) is 0.294. The van der Waals surface area contributed by atoms with E-state index in [0.717, 1.165) is 24.2 Å². The molecule has 0 N–H and O–H groups in total. The highest BCUT2D eigenvalue weighted by Gasteiger charge is 2.43. The summed E-state index contributed by atoms with van der Waals surface area (Å²) in [6, 6.07) is 18.1. The molecule has 2 aromatic rings. The number of anilines is 1. The molecular formula is C17H20NO3P. The van der Waals surface area contributed by atoms with E-state index < -0.39 is 13.4 Å². The van der Waals surface area contributed by atoms with Crippen LogP contribution in [0.5, 0.6) is 0 Å². The Bertz CT molecular complexity index is 681. The third-order valence-corrected chi connectivity index (χ3v) is 6.32. The number of para-hydroxylation sites is 1. The van der Waals surface area contributed by atoms with Gasteiger partial charge >= 0.3 is 7.60 Å². The van der Waals surface area contributed by atoms with Gasteiger partial charge in [0.1, 0.15) is 0 Å². The second-order valence-corrected chi connectivity index (χ2v) is 7.56. The molecule has 0 aromatic heterocycles. The first-order valence-electron chi connectivity index (χ1n) is 7.30. The Kier molecular flexibility index (Phi) is 4.34. The second kappa shape index (κ2) is 6.25. The van der Waals surface area contributed by atoms with Gasteiger partial charge in [-0.15, -0.1) is 0 Å². The number of hydrogen-bond donors (Lipinski definition) is 0. The maximum Gasteiger partial charge on any atom is 0.356 e. The molecule has 1 aliphatic rings. The van der Waals surface area contributed by atoms with Crippen LogP contribution in [0, 0.1) is 0 Å². The van der Waals surface area contributed by atoms with Crippen LogP contribution in [0.25, 0.3) is 0 Å². The molecule has 2 aromatic carbocycles. The summed E-state index contributed by atoms with van der Waals surface area (Å²) in [5.41, 5.74) is 3.25. The quantitative estimate of drug-likeness (QED) is 0.791. The predicted molar refractivity (Wildman–Crippen MR) is 88.3 cm³/mol. The molecule has 3 rings (SSSR count). The first-order valence-corrected chi connectivity index (χ1v) is 8.91. The van der Waals surface area contributed by atoms with Crippen molar-refractivity contribution >= 4 is 13.3 Å². The molecule has 1 atom stereocenters. The van der Waals surface area contributed by atoms with E-state index >= 15 is 0 Å². The Morgan fingerprint density at radius 2 is 1.64 bits per heavy atom. The number of benzene rings is 2. The van der Waals surface area contributed by atoms with E-state index in [0.29, 0.717) is 0 Å². The van der Waals surface area contributed by atoms with Gasteiger partial charge in [0.15, 0.2) is 5.78 Å². The van der Waals surface area contributed by atoms with E-state index in [4.69, 9.17) is 9.05 Å². The van der Waals surface area contributed by atoms with E-state index in [-0.39, 0.29) is 0 Å². The molecule has 1 unspecified atom stereocenters. The van der Waals surface area contributed by atoms with Crippen molar-refractivity contribution in [2.24, 2.45) is 0 Å². The number of rotatable bonds is 4. The summed E-state index contributed by atoms with van der Waals surface area (Å²) < 4.78 is 23.8. The predicted octanol–water partition coefficient (Wildman–Crippen LogP) is 4.23. The lowest BCUT2D eigenvalue weighted by Gasteiger charge is -2.40. The summed E-state index contributed by atoms with van der Waals surface area (Å²) in [6.45, 7) is 0.780. The SMILES string of the molecule is COP(=O)(OC)C1c2ccccc2CCN1c1ccccc1. The summed E-state index contributed by atoms with van der Waals surface area (Å²) in [5, 5.41) is 0. The Labute approximate surface area is 131 Å². The van der Waals surface area contributed by atoms with E-state index in [1.54, 1.807) is 0 Å². The van der Waals surface area contributed by atoms with Crippen LogP contribution in [-0.2, 0) is 20.0 Å². The summed E-state index contributed by atoms with van der Waals surface area (Å²) in [7, 11) is -0.386. The van der Waals surface area contributed by atoms with Crippen molar-refractivity contribution < 1.29 is 13.6 Å². The fourth-order valence-corrected chi connectivity index (χ4v) is 4.78. The molecule has 5 heteroatoms. The minimum absolute atomic E-state index is 0.421. The number of hydrogen-bond acceptors (Lipinski definition) is 4. The summed E-state index contributed by atoms with van der Waals surface area (Å²) in [6.07, 6.45) is 0.912. The summed E-state index contributed by atoms with van der Waals surface area (Å²) in [5.74, 6) is -0.421. The highest BCUT2D eigenvalue weighted by molar-refractivity contribution is 7.54. The van der Waals surface area contributed by atoms with E-state index in [1.807, 2.05) is 48.5 Å². The molecule has 0 radical (unpaired) electrons. The van der Waals surface area contributed by atoms with Crippen molar-refractivity contribution in [3.8, 4) is 0 Å². The summed E-state index contributed by atoms with van der Waals surface area (Å²) in [4.78, 5) is 2.12. The van der Waals surface area contributed by atoms with Crippen LogP contribution >= 0.6 is 7.60 Å². The first kappa shape index (κ1) is 15.3. The Morgan fingerprint density at radius 3 is 2.32 bits per heavy atom. The van der Waals surface area contributed by atoms with Gasteiger partial charge < -0.3 is 13.9 Å². The highest BCUT2D eigenvalue weighted by Crippen LogP contribution is 2.63. The van der Waals surface area contributed by atoms with Gasteiger partial charge in [-0.3, -0.25) is 4.57 Å². The molecule has 0 saturated heterocycles. The molecule has 0 amide bonds. The minimum Gasteiger partial charge on any atom is -0.353 e. The zero-order chi connectivity index (χ0) is 15.6. The molecule has 116 valence electrons. The zero-order valence-electron chi connectivity index (χ0n) is 12.8. The minimum atomic E-state index is -3.28. The third-order valence-electron chi connectivity index (χ3n) is 4.15. The Balaban J connectivity index is 2.14. The molecule has 22 heavy (non-hydrogen) atoms. The van der Waals surface area contributed by atoms with Crippen LogP contribution in [0.2, 0.25) is 0 Å². The zero-order valence-corrected chi connectivity index (χ0v) is 13.7. The van der Waals surface area contributed by atoms with Gasteiger partial charge in [-0.1, -0.05) is 42.5 Å². The molecule has 4 nitrogen and oxygen atoms in total. The van der Waals surface area contributed by atoms with Crippen molar-refractivity contribution in [2.75, 3.05) is 25.7 Å². The first-order chi connectivity index (χ1) is 10.7. The van der Waals surface area contributed by atoms with E-state index in [1.165, 1.54) is 19.8 Å². The molecule has 1 heterocycles. The lowest BCUT2D eigenvalue weighted by Crippen LogP contribution is -2.36. The second-order valence-electron chi connectivity index (χ2n) is 5.26. The van der Waals surface area contributed by atoms with E-state index in [9.17, 15) is 4.57 Å². The van der Waals surface area contributed by atoms with Crippen molar-refractivity contribution in [3.05, 3.63) is 65.7 Å². The molecule has 1 aliphatic heterocycles. The van der Waals surface area contributed by atoms with Crippen molar-refractivity contribution in [1.82, 2.24) is 0 Å². The molecule has 0 spiro atoms. The summed E-state index contributed by atoms with van der Waals surface area (Å²) >= 11 is 0. The van der Waals surface area contributed by atoms with Gasteiger partial charge in [-0.05, 0) is 29.7 Å². The van der Waals surface area contributed by atoms with Crippen LogP contribution in [0.4, 0.5) is 5.69 Å². The van der Waals surface area contributed by atoms with Gasteiger partial charge in [0.05, 0.1) is 0 Å². The monoisotopic (exact) mass is 317 g/mol. The van der Waals surface area contributed by atoms with Gasteiger partial charge in [-0.25, -0.2) is 0 Å².